The number of hydrogen-bond donors (Lipinski definition) is 2. The van der Waals surface area contributed by atoms with Gasteiger partial charge in [0.1, 0.15) is 0 Å². The van der Waals surface area contributed by atoms with Crippen molar-refractivity contribution < 1.29 is 4.79 Å². The van der Waals surface area contributed by atoms with E-state index in [1.165, 1.54) is 6.42 Å². The van der Waals surface area contributed by atoms with Crippen molar-refractivity contribution in [3.63, 3.8) is 0 Å². The van der Waals surface area contributed by atoms with Gasteiger partial charge in [0, 0.05) is 6.54 Å². The standard InChI is InChI=1S/C13H24N2OS/c1-10(2)6-3-4-9-15-12(16)13(11(14)17)7-5-8-13/h10H,3-9H2,1-2H3,(H2,14,17)(H,15,16). The van der Waals surface area contributed by atoms with Crippen molar-refractivity contribution in [2.45, 2.75) is 52.4 Å². The van der Waals surface area contributed by atoms with Crippen molar-refractivity contribution in [2.24, 2.45) is 17.1 Å². The normalized spacial score (nSPS) is 17.6. The van der Waals surface area contributed by atoms with Gasteiger partial charge in [0.15, 0.2) is 0 Å². The number of amides is 1. The Labute approximate surface area is 110 Å². The number of carbonyl (C=O) groups excluding carboxylic acids is 1. The minimum atomic E-state index is -0.520. The first-order chi connectivity index (χ1) is 7.99. The van der Waals surface area contributed by atoms with Gasteiger partial charge >= 0.3 is 0 Å². The van der Waals surface area contributed by atoms with E-state index in [1.807, 2.05) is 0 Å². The summed E-state index contributed by atoms with van der Waals surface area (Å²) in [5.41, 5.74) is 5.15. The van der Waals surface area contributed by atoms with Gasteiger partial charge in [0.25, 0.3) is 0 Å². The Bertz CT molecular complexity index is 285. The molecule has 0 unspecified atom stereocenters. The molecule has 0 aromatic heterocycles. The summed E-state index contributed by atoms with van der Waals surface area (Å²) in [5.74, 6) is 0.779. The van der Waals surface area contributed by atoms with E-state index in [-0.39, 0.29) is 5.91 Å². The van der Waals surface area contributed by atoms with Crippen molar-refractivity contribution in [1.82, 2.24) is 5.32 Å². The van der Waals surface area contributed by atoms with Crippen LogP contribution in [0.2, 0.25) is 0 Å². The van der Waals surface area contributed by atoms with E-state index in [2.05, 4.69) is 19.2 Å². The predicted molar refractivity (Wildman–Crippen MR) is 74.8 cm³/mol. The largest absolute Gasteiger partial charge is 0.392 e. The fourth-order valence-electron chi connectivity index (χ4n) is 2.16. The number of carbonyl (C=O) groups is 1. The number of rotatable bonds is 7. The fraction of sp³-hybridized carbons (Fsp3) is 0.846. The molecule has 1 aliphatic rings. The first kappa shape index (κ1) is 14.4. The molecule has 3 N–H and O–H groups in total. The smallest absolute Gasteiger partial charge is 0.233 e. The molecule has 0 bridgehead atoms. The zero-order chi connectivity index (χ0) is 12.9. The van der Waals surface area contributed by atoms with Gasteiger partial charge in [-0.15, -0.1) is 0 Å². The zero-order valence-corrected chi connectivity index (χ0v) is 11.7. The number of unbranched alkanes of at least 4 members (excludes halogenated alkanes) is 1. The van der Waals surface area contributed by atoms with Crippen LogP contribution in [0.3, 0.4) is 0 Å². The highest BCUT2D eigenvalue weighted by Gasteiger charge is 2.46. The Balaban J connectivity index is 2.23. The van der Waals surface area contributed by atoms with Gasteiger partial charge in [-0.2, -0.15) is 0 Å². The van der Waals surface area contributed by atoms with Crippen molar-refractivity contribution in [1.29, 1.82) is 0 Å². The van der Waals surface area contributed by atoms with Gasteiger partial charge in [0.05, 0.1) is 10.4 Å². The van der Waals surface area contributed by atoms with E-state index in [1.54, 1.807) is 0 Å². The molecular weight excluding hydrogens is 232 g/mol. The Morgan fingerprint density at radius 2 is 2.06 bits per heavy atom. The van der Waals surface area contributed by atoms with Gasteiger partial charge in [-0.25, -0.2) is 0 Å². The second-order valence-electron chi connectivity index (χ2n) is 5.45. The van der Waals surface area contributed by atoms with Crippen LogP contribution in [0.5, 0.6) is 0 Å². The van der Waals surface area contributed by atoms with Crippen LogP contribution in [0.25, 0.3) is 0 Å². The monoisotopic (exact) mass is 256 g/mol. The quantitative estimate of drug-likeness (QED) is 0.543. The third-order valence-corrected chi connectivity index (χ3v) is 4.00. The zero-order valence-electron chi connectivity index (χ0n) is 10.9. The molecule has 0 atom stereocenters. The average molecular weight is 256 g/mol. The summed E-state index contributed by atoms with van der Waals surface area (Å²) >= 11 is 5.01. The van der Waals surface area contributed by atoms with Gasteiger partial charge in [0.2, 0.25) is 5.91 Å². The molecule has 0 radical (unpaired) electrons. The highest BCUT2D eigenvalue weighted by Crippen LogP contribution is 2.41. The Hall–Kier alpha value is -0.640. The van der Waals surface area contributed by atoms with Crippen LogP contribution in [-0.4, -0.2) is 17.4 Å². The van der Waals surface area contributed by atoms with Crippen molar-refractivity contribution in [2.75, 3.05) is 6.54 Å². The fourth-order valence-corrected chi connectivity index (χ4v) is 2.46. The van der Waals surface area contributed by atoms with Gasteiger partial charge in [-0.1, -0.05) is 45.3 Å². The molecule has 0 heterocycles. The van der Waals surface area contributed by atoms with Crippen LogP contribution in [0.4, 0.5) is 0 Å². The number of nitrogens with two attached hydrogens (primary N) is 1. The maximum absolute atomic E-state index is 12.0. The molecule has 1 aliphatic carbocycles. The maximum atomic E-state index is 12.0. The Morgan fingerprint density at radius 3 is 2.47 bits per heavy atom. The second-order valence-corrected chi connectivity index (χ2v) is 5.89. The van der Waals surface area contributed by atoms with Crippen LogP contribution in [-0.2, 0) is 4.79 Å². The van der Waals surface area contributed by atoms with Gasteiger partial charge in [-0.05, 0) is 25.2 Å². The lowest BCUT2D eigenvalue weighted by Crippen LogP contribution is -2.53. The number of hydrogen-bond acceptors (Lipinski definition) is 2. The number of nitrogens with one attached hydrogen (secondary N) is 1. The molecule has 0 saturated heterocycles. The van der Waals surface area contributed by atoms with Crippen LogP contribution in [0, 0.1) is 11.3 Å². The summed E-state index contributed by atoms with van der Waals surface area (Å²) in [6.07, 6.45) is 6.12. The highest BCUT2D eigenvalue weighted by molar-refractivity contribution is 7.80. The summed E-state index contributed by atoms with van der Waals surface area (Å²) in [6.45, 7) is 5.18. The molecule has 0 spiro atoms. The maximum Gasteiger partial charge on any atom is 0.233 e. The highest BCUT2D eigenvalue weighted by atomic mass is 32.1. The van der Waals surface area contributed by atoms with Crippen molar-refractivity contribution in [3.8, 4) is 0 Å². The van der Waals surface area contributed by atoms with E-state index < -0.39 is 5.41 Å². The first-order valence-electron chi connectivity index (χ1n) is 6.57. The van der Waals surface area contributed by atoms with Crippen molar-refractivity contribution >= 4 is 23.1 Å². The van der Waals surface area contributed by atoms with Crippen LogP contribution < -0.4 is 11.1 Å². The van der Waals surface area contributed by atoms with Crippen molar-refractivity contribution in [3.05, 3.63) is 0 Å². The summed E-state index contributed by atoms with van der Waals surface area (Å²) in [4.78, 5) is 12.4. The van der Waals surface area contributed by atoms with Gasteiger partial charge < -0.3 is 11.1 Å². The SMILES string of the molecule is CC(C)CCCCNC(=O)C1(C(N)=S)CCC1. The van der Waals surface area contributed by atoms with E-state index in [9.17, 15) is 4.79 Å². The molecule has 1 saturated carbocycles. The molecule has 1 rings (SSSR count). The minimum absolute atomic E-state index is 0.0424. The summed E-state index contributed by atoms with van der Waals surface area (Å²) in [7, 11) is 0. The summed E-state index contributed by atoms with van der Waals surface area (Å²) in [5, 5.41) is 2.97. The van der Waals surface area contributed by atoms with E-state index in [4.69, 9.17) is 18.0 Å². The average Bonchev–Trinajstić information content (AvgIpc) is 2.14. The van der Waals surface area contributed by atoms with E-state index in [0.717, 1.165) is 44.6 Å². The summed E-state index contributed by atoms with van der Waals surface area (Å²) < 4.78 is 0. The summed E-state index contributed by atoms with van der Waals surface area (Å²) in [6, 6.07) is 0. The van der Waals surface area contributed by atoms with Gasteiger partial charge in [-0.3, -0.25) is 4.79 Å². The lowest BCUT2D eigenvalue weighted by molar-refractivity contribution is -0.130. The molecule has 98 valence electrons. The molecule has 0 aromatic carbocycles. The minimum Gasteiger partial charge on any atom is -0.392 e. The molecule has 0 aromatic rings. The first-order valence-corrected chi connectivity index (χ1v) is 6.98. The van der Waals surface area contributed by atoms with Crippen LogP contribution >= 0.6 is 12.2 Å². The molecule has 3 nitrogen and oxygen atoms in total. The molecule has 17 heavy (non-hydrogen) atoms. The van der Waals surface area contributed by atoms with Crippen LogP contribution in [0.1, 0.15) is 52.4 Å². The Morgan fingerprint density at radius 1 is 1.41 bits per heavy atom. The van der Waals surface area contributed by atoms with E-state index >= 15 is 0 Å². The third kappa shape index (κ3) is 3.66. The molecule has 1 fully saturated rings. The van der Waals surface area contributed by atoms with E-state index in [0.29, 0.717) is 4.99 Å². The third-order valence-electron chi connectivity index (χ3n) is 3.61. The van der Waals surface area contributed by atoms with Crippen LogP contribution in [0.15, 0.2) is 0 Å². The molecule has 1 amide bonds. The lowest BCUT2D eigenvalue weighted by Gasteiger charge is -2.39. The number of thiocarbonyl (C=S) groups is 1. The molecule has 0 aliphatic heterocycles. The second kappa shape index (κ2) is 6.34. The topological polar surface area (TPSA) is 55.1 Å². The molecular formula is C13H24N2OS. The lowest BCUT2D eigenvalue weighted by atomic mass is 9.68. The predicted octanol–water partition coefficient (Wildman–Crippen LogP) is 2.39. The Kier molecular flexibility index (Phi) is 5.37. The molecule has 4 heteroatoms.